The van der Waals surface area contributed by atoms with Gasteiger partial charge in [0, 0.05) is 24.0 Å². The molecule has 2 aromatic rings. The molecule has 0 aliphatic carbocycles. The summed E-state index contributed by atoms with van der Waals surface area (Å²) < 4.78 is 0. The molecule has 1 aromatic carbocycles. The summed E-state index contributed by atoms with van der Waals surface area (Å²) in [6.07, 6.45) is 5.52. The first-order valence-electron chi connectivity index (χ1n) is 6.03. The summed E-state index contributed by atoms with van der Waals surface area (Å²) in [5.41, 5.74) is 2.39. The van der Waals surface area contributed by atoms with Crippen LogP contribution in [0.25, 0.3) is 0 Å². The molecule has 0 spiro atoms. The van der Waals surface area contributed by atoms with Crippen molar-refractivity contribution in [2.24, 2.45) is 0 Å². The zero-order chi connectivity index (χ0) is 12.6. The molecule has 1 N–H and O–H groups in total. The van der Waals surface area contributed by atoms with Gasteiger partial charge in [-0.1, -0.05) is 12.1 Å². The van der Waals surface area contributed by atoms with E-state index in [0.29, 0.717) is 12.4 Å². The number of hydrogen-bond donors (Lipinski definition) is 1. The predicted molar refractivity (Wildman–Crippen MR) is 74.8 cm³/mol. The van der Waals surface area contributed by atoms with Crippen molar-refractivity contribution in [3.8, 4) is 0 Å². The zero-order valence-electron chi connectivity index (χ0n) is 10.1. The number of hydrogen-bond acceptors (Lipinski definition) is 3. The first-order valence-corrected chi connectivity index (χ1v) is 6.56. The van der Waals surface area contributed by atoms with Gasteiger partial charge in [0.15, 0.2) is 0 Å². The van der Waals surface area contributed by atoms with Crippen molar-refractivity contribution in [1.29, 1.82) is 0 Å². The minimum Gasteiger partial charge on any atom is -0.378 e. The molecule has 3 nitrogen and oxygen atoms in total. The predicted octanol–water partition coefficient (Wildman–Crippen LogP) is 3.26. The van der Waals surface area contributed by atoms with Gasteiger partial charge in [-0.05, 0) is 36.6 Å². The number of aromatic nitrogens is 2. The highest BCUT2D eigenvalue weighted by molar-refractivity contribution is 6.17. The van der Waals surface area contributed by atoms with E-state index in [1.807, 2.05) is 12.1 Å². The van der Waals surface area contributed by atoms with Crippen molar-refractivity contribution in [1.82, 2.24) is 9.97 Å². The Kier molecular flexibility index (Phi) is 4.97. The molecular formula is C14H16ClN3. The van der Waals surface area contributed by atoms with Gasteiger partial charge in [0.2, 0.25) is 0 Å². The molecule has 1 aromatic heterocycles. The van der Waals surface area contributed by atoms with E-state index >= 15 is 0 Å². The molecule has 1 heterocycles. The minimum atomic E-state index is 0.639. The molecule has 2 rings (SSSR count). The maximum absolute atomic E-state index is 5.70. The van der Waals surface area contributed by atoms with Crippen LogP contribution >= 0.6 is 11.6 Å². The van der Waals surface area contributed by atoms with Crippen LogP contribution in [0.15, 0.2) is 42.7 Å². The van der Waals surface area contributed by atoms with Crippen molar-refractivity contribution in [2.75, 3.05) is 11.2 Å². The second kappa shape index (κ2) is 6.97. The summed E-state index contributed by atoms with van der Waals surface area (Å²) in [4.78, 5) is 8.35. The van der Waals surface area contributed by atoms with E-state index < -0.39 is 0 Å². The van der Waals surface area contributed by atoms with Crippen LogP contribution in [0.4, 0.5) is 5.69 Å². The third-order valence-corrected chi connectivity index (χ3v) is 2.86. The Morgan fingerprint density at radius 2 is 1.94 bits per heavy atom. The maximum atomic E-state index is 5.70. The average Bonchev–Trinajstić information content (AvgIpc) is 2.44. The van der Waals surface area contributed by atoms with Crippen LogP contribution in [0, 0.1) is 0 Å². The summed E-state index contributed by atoms with van der Waals surface area (Å²) in [6.45, 7) is 0.639. The largest absolute Gasteiger partial charge is 0.378 e. The molecule has 0 fully saturated rings. The minimum absolute atomic E-state index is 0.639. The zero-order valence-corrected chi connectivity index (χ0v) is 10.9. The number of rotatable bonds is 6. The molecule has 94 valence electrons. The summed E-state index contributed by atoms with van der Waals surface area (Å²) in [5.74, 6) is 1.50. The Morgan fingerprint density at radius 1 is 1.11 bits per heavy atom. The lowest BCUT2D eigenvalue weighted by Crippen LogP contribution is -2.03. The van der Waals surface area contributed by atoms with Crippen molar-refractivity contribution in [3.63, 3.8) is 0 Å². The van der Waals surface area contributed by atoms with Gasteiger partial charge < -0.3 is 5.32 Å². The van der Waals surface area contributed by atoms with E-state index in [2.05, 4.69) is 33.5 Å². The Labute approximate surface area is 112 Å². The average molecular weight is 262 g/mol. The number of alkyl halides is 1. The molecule has 4 heteroatoms. The third kappa shape index (κ3) is 4.00. The Balaban J connectivity index is 1.93. The fraction of sp³-hybridized carbons (Fsp3) is 0.286. The Morgan fingerprint density at radius 3 is 2.72 bits per heavy atom. The van der Waals surface area contributed by atoms with Gasteiger partial charge in [0.1, 0.15) is 5.82 Å². The van der Waals surface area contributed by atoms with Crippen LogP contribution in [0.3, 0.4) is 0 Å². The molecule has 0 unspecified atom stereocenters. The molecular weight excluding hydrogens is 246 g/mol. The number of aryl methyl sites for hydroxylation is 1. The van der Waals surface area contributed by atoms with E-state index in [1.165, 1.54) is 5.56 Å². The fourth-order valence-electron chi connectivity index (χ4n) is 1.71. The Bertz CT molecular complexity index is 473. The van der Waals surface area contributed by atoms with E-state index in [1.54, 1.807) is 12.4 Å². The molecule has 0 saturated heterocycles. The highest BCUT2D eigenvalue weighted by Gasteiger charge is 1.98. The van der Waals surface area contributed by atoms with Crippen molar-refractivity contribution in [3.05, 3.63) is 54.1 Å². The van der Waals surface area contributed by atoms with Crippen molar-refractivity contribution < 1.29 is 0 Å². The lowest BCUT2D eigenvalue weighted by atomic mass is 10.1. The molecule has 0 amide bonds. The van der Waals surface area contributed by atoms with Crippen LogP contribution in [-0.4, -0.2) is 15.8 Å². The first kappa shape index (κ1) is 12.8. The number of nitrogens with zero attached hydrogens (tertiary/aromatic N) is 2. The van der Waals surface area contributed by atoms with Gasteiger partial charge in [-0.25, -0.2) is 9.97 Å². The maximum Gasteiger partial charge on any atom is 0.147 e. The van der Waals surface area contributed by atoms with E-state index in [-0.39, 0.29) is 0 Å². The second-order valence-corrected chi connectivity index (χ2v) is 4.39. The molecule has 0 bridgehead atoms. The standard InChI is InChI=1S/C14H16ClN3/c15-7-2-5-12-4-1-6-13(10-12)18-11-14-16-8-3-9-17-14/h1,3-4,6,8-10,18H,2,5,7,11H2. The van der Waals surface area contributed by atoms with Crippen LogP contribution in [0.1, 0.15) is 17.8 Å². The van der Waals surface area contributed by atoms with Gasteiger partial charge in [0.05, 0.1) is 6.54 Å². The molecule has 0 aliphatic rings. The molecule has 0 radical (unpaired) electrons. The van der Waals surface area contributed by atoms with Crippen molar-refractivity contribution >= 4 is 17.3 Å². The lowest BCUT2D eigenvalue weighted by molar-refractivity contribution is 0.924. The highest BCUT2D eigenvalue weighted by atomic mass is 35.5. The highest BCUT2D eigenvalue weighted by Crippen LogP contribution is 2.13. The first-order chi connectivity index (χ1) is 8.88. The molecule has 18 heavy (non-hydrogen) atoms. The quantitative estimate of drug-likeness (QED) is 0.811. The smallest absolute Gasteiger partial charge is 0.147 e. The number of nitrogens with one attached hydrogen (secondary N) is 1. The van der Waals surface area contributed by atoms with Gasteiger partial charge in [-0.3, -0.25) is 0 Å². The molecule has 0 aliphatic heterocycles. The van der Waals surface area contributed by atoms with Crippen LogP contribution in [0.5, 0.6) is 0 Å². The summed E-state index contributed by atoms with van der Waals surface area (Å²) >= 11 is 5.70. The summed E-state index contributed by atoms with van der Waals surface area (Å²) in [7, 11) is 0. The van der Waals surface area contributed by atoms with Crippen molar-refractivity contribution in [2.45, 2.75) is 19.4 Å². The number of halogens is 1. The summed E-state index contributed by atoms with van der Waals surface area (Å²) in [6, 6.07) is 10.2. The number of benzene rings is 1. The topological polar surface area (TPSA) is 37.8 Å². The Hall–Kier alpha value is -1.61. The van der Waals surface area contributed by atoms with Crippen LogP contribution < -0.4 is 5.32 Å². The summed E-state index contributed by atoms with van der Waals surface area (Å²) in [5, 5.41) is 3.32. The van der Waals surface area contributed by atoms with Gasteiger partial charge >= 0.3 is 0 Å². The van der Waals surface area contributed by atoms with Gasteiger partial charge in [-0.2, -0.15) is 0 Å². The van der Waals surface area contributed by atoms with Crippen LogP contribution in [-0.2, 0) is 13.0 Å². The monoisotopic (exact) mass is 261 g/mol. The fourth-order valence-corrected chi connectivity index (χ4v) is 1.84. The normalized spacial score (nSPS) is 10.3. The van der Waals surface area contributed by atoms with Gasteiger partial charge in [0.25, 0.3) is 0 Å². The SMILES string of the molecule is ClCCCc1cccc(NCc2ncccn2)c1. The van der Waals surface area contributed by atoms with Crippen LogP contribution in [0.2, 0.25) is 0 Å². The van der Waals surface area contributed by atoms with Gasteiger partial charge in [-0.15, -0.1) is 11.6 Å². The number of anilines is 1. The lowest BCUT2D eigenvalue weighted by Gasteiger charge is -2.07. The van der Waals surface area contributed by atoms with E-state index in [4.69, 9.17) is 11.6 Å². The van der Waals surface area contributed by atoms with E-state index in [9.17, 15) is 0 Å². The van der Waals surface area contributed by atoms with E-state index in [0.717, 1.165) is 24.4 Å². The molecule has 0 atom stereocenters. The second-order valence-electron chi connectivity index (χ2n) is 4.01. The molecule has 0 saturated carbocycles. The third-order valence-electron chi connectivity index (χ3n) is 2.60.